The third-order valence-electron chi connectivity index (χ3n) is 11.2. The van der Waals surface area contributed by atoms with E-state index < -0.39 is 113 Å². The number of carbonyl (C=O) groups excluding carboxylic acids is 1. The Hall–Kier alpha value is -4.71. The molecule has 340 valence electrons. The molecule has 0 radical (unpaired) electrons. The van der Waals surface area contributed by atoms with Crippen LogP contribution in [0.1, 0.15) is 105 Å². The molecule has 4 atom stereocenters. The Morgan fingerprint density at radius 1 is 1.02 bits per heavy atom. The molecule has 8 rings (SSSR count). The summed E-state index contributed by atoms with van der Waals surface area (Å²) < 4.78 is 147. The average molecular weight is 954 g/mol. The Morgan fingerprint density at radius 2 is 1.70 bits per heavy atom. The van der Waals surface area contributed by atoms with Gasteiger partial charge in [0, 0.05) is 58.1 Å². The van der Waals surface area contributed by atoms with Crippen molar-refractivity contribution in [2.45, 2.75) is 118 Å². The van der Waals surface area contributed by atoms with E-state index in [1.54, 1.807) is 13.8 Å². The van der Waals surface area contributed by atoms with Crippen LogP contribution in [0.4, 0.5) is 40.9 Å². The molecule has 0 bridgehead atoms. The summed E-state index contributed by atoms with van der Waals surface area (Å²) in [5.74, 6) is -1.67. The number of aromatic nitrogens is 5. The van der Waals surface area contributed by atoms with Crippen molar-refractivity contribution in [3.05, 3.63) is 93.0 Å². The Labute approximate surface area is 372 Å². The Balaban J connectivity index is 1.30. The summed E-state index contributed by atoms with van der Waals surface area (Å²) in [5, 5.41) is 10.7. The standard InChI is InChI=1S/C43H40ClF8N7O3S2/c1-21-18-43(51,52)39-34(21)37(40(49)50)55-59(39)20-33(60)54-31(16-22-14-23(45)17-24(46)15-22)36-28(9-4-25(53-36)12-13-42(2,3)63(61)26-5-6-26)29-10-11-30(44)35-38(29)58(19-32(47)48)56-41(35)57-64(62)27-7-8-27/h4,9-11,14-15,17,21,26-27,31-32,40H,5-8,16,18-20H2,1-3H3,(H,54,60)(H,56,57)/t21-,31?,63?,64?/m0/s1. The number of halogens is 9. The van der Waals surface area contributed by atoms with Gasteiger partial charge in [-0.1, -0.05) is 30.5 Å². The second-order valence-corrected chi connectivity index (χ2v) is 20.9. The van der Waals surface area contributed by atoms with Crippen molar-refractivity contribution in [3.8, 4) is 23.0 Å². The lowest BCUT2D eigenvalue weighted by Gasteiger charge is -2.23. The van der Waals surface area contributed by atoms with Gasteiger partial charge in [0.25, 0.3) is 18.8 Å². The number of amides is 1. The van der Waals surface area contributed by atoms with Crippen LogP contribution < -0.4 is 10.0 Å². The van der Waals surface area contributed by atoms with Gasteiger partial charge in [0.15, 0.2) is 0 Å². The number of benzene rings is 2. The van der Waals surface area contributed by atoms with Crippen molar-refractivity contribution in [2.75, 3.05) is 4.72 Å². The molecule has 2 N–H and O–H groups in total. The lowest BCUT2D eigenvalue weighted by Crippen LogP contribution is -2.35. The normalized spacial score (nSPS) is 18.5. The number of alkyl halides is 6. The van der Waals surface area contributed by atoms with Gasteiger partial charge in [0.1, 0.15) is 51.8 Å². The van der Waals surface area contributed by atoms with Crippen molar-refractivity contribution >= 4 is 56.4 Å². The third-order valence-corrected chi connectivity index (χ3v) is 15.1. The van der Waals surface area contributed by atoms with Crippen molar-refractivity contribution < 1.29 is 48.7 Å². The van der Waals surface area contributed by atoms with E-state index in [1.165, 1.54) is 31.2 Å². The minimum absolute atomic E-state index is 0.00800. The van der Waals surface area contributed by atoms with Gasteiger partial charge in [-0.3, -0.25) is 18.4 Å². The molecule has 0 saturated heterocycles. The first-order valence-electron chi connectivity index (χ1n) is 20.3. The Bertz CT molecular complexity index is 2710. The van der Waals surface area contributed by atoms with Gasteiger partial charge in [0.2, 0.25) is 11.7 Å². The van der Waals surface area contributed by atoms with Crippen LogP contribution in [-0.2, 0) is 52.4 Å². The number of nitrogens with zero attached hydrogens (tertiary/aromatic N) is 5. The summed E-state index contributed by atoms with van der Waals surface area (Å²) in [6.07, 6.45) is -4.46. The predicted molar refractivity (Wildman–Crippen MR) is 226 cm³/mol. The smallest absolute Gasteiger partial charge is 0.290 e. The topological polar surface area (TPSA) is 130 Å². The van der Waals surface area contributed by atoms with Crippen LogP contribution in [0.5, 0.6) is 0 Å². The Kier molecular flexibility index (Phi) is 12.6. The quantitative estimate of drug-likeness (QED) is 0.0608. The number of rotatable bonds is 15. The monoisotopic (exact) mass is 953 g/mol. The molecule has 3 aromatic heterocycles. The minimum Gasteiger partial charge on any atom is -0.593 e. The van der Waals surface area contributed by atoms with Gasteiger partial charge in [-0.25, -0.2) is 31.3 Å². The summed E-state index contributed by atoms with van der Waals surface area (Å²) in [6, 6.07) is 7.12. The molecule has 2 fully saturated rings. The first-order chi connectivity index (χ1) is 30.2. The first kappa shape index (κ1) is 45.8. The molecule has 2 saturated carbocycles. The number of nitrogens with one attached hydrogen (secondary N) is 2. The van der Waals surface area contributed by atoms with Gasteiger partial charge in [-0.05, 0) is 80.8 Å². The number of hydrogen-bond acceptors (Lipinski definition) is 7. The van der Waals surface area contributed by atoms with Crippen molar-refractivity contribution in [1.29, 1.82) is 0 Å². The number of hydrogen-bond donors (Lipinski definition) is 2. The van der Waals surface area contributed by atoms with Crippen molar-refractivity contribution in [1.82, 2.24) is 29.9 Å². The number of fused-ring (bicyclic) bond motifs is 2. The van der Waals surface area contributed by atoms with Crippen LogP contribution in [-0.4, -0.2) is 60.9 Å². The van der Waals surface area contributed by atoms with Crippen LogP contribution in [0.2, 0.25) is 5.02 Å². The zero-order chi connectivity index (χ0) is 46.0. The highest BCUT2D eigenvalue weighted by Crippen LogP contribution is 2.51. The third kappa shape index (κ3) is 9.49. The van der Waals surface area contributed by atoms with E-state index in [9.17, 15) is 39.9 Å². The maximum absolute atomic E-state index is 15.4. The molecule has 64 heavy (non-hydrogen) atoms. The zero-order valence-electron chi connectivity index (χ0n) is 34.3. The predicted octanol–water partition coefficient (Wildman–Crippen LogP) is 9.41. The summed E-state index contributed by atoms with van der Waals surface area (Å²) in [5.41, 5.74) is -1.74. The molecular weight excluding hydrogens is 914 g/mol. The zero-order valence-corrected chi connectivity index (χ0v) is 36.7. The molecular formula is C43H40ClF8N7O3S2. The molecule has 1 amide bonds. The number of carbonyl (C=O) groups is 1. The van der Waals surface area contributed by atoms with E-state index in [0.717, 1.165) is 29.7 Å². The highest BCUT2D eigenvalue weighted by molar-refractivity contribution is 7.93. The van der Waals surface area contributed by atoms with Gasteiger partial charge < -0.3 is 9.87 Å². The minimum atomic E-state index is -3.60. The molecule has 2 aromatic carbocycles. The summed E-state index contributed by atoms with van der Waals surface area (Å²) >= 11 is 5.07. The Morgan fingerprint density at radius 3 is 2.34 bits per heavy atom. The van der Waals surface area contributed by atoms with Crippen LogP contribution >= 0.6 is 11.6 Å². The molecule has 0 aliphatic heterocycles. The van der Waals surface area contributed by atoms with Gasteiger partial charge in [-0.2, -0.15) is 18.6 Å². The lowest BCUT2D eigenvalue weighted by molar-refractivity contribution is -0.122. The van der Waals surface area contributed by atoms with E-state index in [2.05, 4.69) is 32.1 Å². The van der Waals surface area contributed by atoms with E-state index in [4.69, 9.17) is 16.6 Å². The van der Waals surface area contributed by atoms with Gasteiger partial charge in [0.05, 0.1) is 39.0 Å². The van der Waals surface area contributed by atoms with E-state index in [1.807, 2.05) is 0 Å². The molecule has 3 unspecified atom stereocenters. The average Bonchev–Trinajstić information content (AvgIpc) is 4.14. The summed E-state index contributed by atoms with van der Waals surface area (Å²) in [4.78, 5) is 18.9. The van der Waals surface area contributed by atoms with Crippen molar-refractivity contribution in [3.63, 3.8) is 0 Å². The van der Waals surface area contributed by atoms with E-state index >= 15 is 8.78 Å². The molecule has 21 heteroatoms. The first-order valence-corrected chi connectivity index (χ1v) is 23.1. The molecule has 3 aliphatic carbocycles. The van der Waals surface area contributed by atoms with Gasteiger partial charge >= 0.3 is 0 Å². The highest BCUT2D eigenvalue weighted by Gasteiger charge is 2.50. The molecule has 10 nitrogen and oxygen atoms in total. The van der Waals surface area contributed by atoms with E-state index in [0.29, 0.717) is 23.6 Å². The van der Waals surface area contributed by atoms with Crippen LogP contribution in [0, 0.1) is 23.5 Å². The maximum atomic E-state index is 15.4. The fourth-order valence-electron chi connectivity index (χ4n) is 8.08. The maximum Gasteiger partial charge on any atom is 0.290 e. The molecule has 0 spiro atoms. The lowest BCUT2D eigenvalue weighted by atomic mass is 9.93. The highest BCUT2D eigenvalue weighted by atomic mass is 35.5. The van der Waals surface area contributed by atoms with Crippen LogP contribution in [0.15, 0.2) is 42.5 Å². The van der Waals surface area contributed by atoms with Crippen LogP contribution in [0.3, 0.4) is 0 Å². The molecule has 3 heterocycles. The summed E-state index contributed by atoms with van der Waals surface area (Å²) in [7, 11) is -1.34. The van der Waals surface area contributed by atoms with Crippen LogP contribution in [0.25, 0.3) is 22.0 Å². The largest absolute Gasteiger partial charge is 0.593 e. The SMILES string of the molecule is C[C@H]1CC(F)(F)c2c1c(C(F)F)nn2CC(=O)NC(Cc1cc(F)cc(F)c1)c1nc(C#CC(C)(C)S(=O)C2CC2)ccc1-c1ccc(Cl)c2c(N[S+]([O-])C3CC3)nn(CC(F)F)c12. The molecule has 5 aromatic rings. The summed E-state index contributed by atoms with van der Waals surface area (Å²) in [6.45, 7) is 2.84. The number of pyridine rings is 1. The fourth-order valence-corrected chi connectivity index (χ4v) is 10.9. The fraction of sp³-hybridized carbons (Fsp3) is 0.442. The number of anilines is 1. The molecule has 3 aliphatic rings. The second-order valence-electron chi connectivity index (χ2n) is 16.7. The van der Waals surface area contributed by atoms with Crippen molar-refractivity contribution in [2.24, 2.45) is 0 Å². The van der Waals surface area contributed by atoms with E-state index in [-0.39, 0.29) is 65.9 Å². The van der Waals surface area contributed by atoms with Gasteiger partial charge in [-0.15, -0.1) is 5.10 Å². The second kappa shape index (κ2) is 17.6.